The van der Waals surface area contributed by atoms with E-state index in [0.717, 1.165) is 13.0 Å². The van der Waals surface area contributed by atoms with Crippen molar-refractivity contribution in [2.75, 3.05) is 11.9 Å². The second kappa shape index (κ2) is 4.63. The molecule has 0 aliphatic heterocycles. The Labute approximate surface area is 87.5 Å². The monoisotopic (exact) mass is 219 g/mol. The molecule has 72 valence electrons. The van der Waals surface area contributed by atoms with Crippen molar-refractivity contribution in [1.29, 1.82) is 0 Å². The Morgan fingerprint density at radius 1 is 1.23 bits per heavy atom. The maximum Gasteiger partial charge on any atom is 0.157 e. The SMILES string of the molecule is CCCNc1c(Cl)nc(C)nc1Cl. The summed E-state index contributed by atoms with van der Waals surface area (Å²) >= 11 is 11.7. The van der Waals surface area contributed by atoms with Gasteiger partial charge in [0, 0.05) is 6.54 Å². The van der Waals surface area contributed by atoms with E-state index in [9.17, 15) is 0 Å². The van der Waals surface area contributed by atoms with Crippen molar-refractivity contribution in [2.24, 2.45) is 0 Å². The zero-order chi connectivity index (χ0) is 9.84. The number of aromatic nitrogens is 2. The molecule has 0 radical (unpaired) electrons. The molecule has 0 atom stereocenters. The van der Waals surface area contributed by atoms with E-state index in [0.29, 0.717) is 21.8 Å². The van der Waals surface area contributed by atoms with Crippen molar-refractivity contribution >= 4 is 28.9 Å². The molecule has 0 saturated carbocycles. The van der Waals surface area contributed by atoms with E-state index >= 15 is 0 Å². The van der Waals surface area contributed by atoms with Crippen LogP contribution in [0.5, 0.6) is 0 Å². The Balaban J connectivity index is 2.92. The van der Waals surface area contributed by atoms with Gasteiger partial charge in [0.2, 0.25) is 0 Å². The smallest absolute Gasteiger partial charge is 0.157 e. The second-order valence-corrected chi connectivity index (χ2v) is 3.37. The summed E-state index contributed by atoms with van der Waals surface area (Å²) in [6.07, 6.45) is 1.00. The summed E-state index contributed by atoms with van der Waals surface area (Å²) in [6.45, 7) is 4.62. The van der Waals surface area contributed by atoms with Crippen molar-refractivity contribution in [1.82, 2.24) is 9.97 Å². The lowest BCUT2D eigenvalue weighted by Gasteiger charge is -2.07. The van der Waals surface area contributed by atoms with Crippen LogP contribution in [-0.2, 0) is 0 Å². The number of nitrogens with zero attached hydrogens (tertiary/aromatic N) is 2. The van der Waals surface area contributed by atoms with E-state index in [1.54, 1.807) is 6.92 Å². The van der Waals surface area contributed by atoms with Gasteiger partial charge >= 0.3 is 0 Å². The van der Waals surface area contributed by atoms with E-state index in [-0.39, 0.29) is 0 Å². The number of anilines is 1. The minimum Gasteiger partial charge on any atom is -0.380 e. The first-order chi connectivity index (χ1) is 6.15. The van der Waals surface area contributed by atoms with Gasteiger partial charge in [0.25, 0.3) is 0 Å². The summed E-state index contributed by atoms with van der Waals surface area (Å²) in [5.74, 6) is 0.581. The molecule has 13 heavy (non-hydrogen) atoms. The molecular weight excluding hydrogens is 209 g/mol. The Bertz CT molecular complexity index is 278. The average molecular weight is 220 g/mol. The molecule has 1 rings (SSSR count). The number of halogens is 2. The van der Waals surface area contributed by atoms with Gasteiger partial charge in [0.15, 0.2) is 10.3 Å². The summed E-state index contributed by atoms with van der Waals surface area (Å²) < 4.78 is 0. The van der Waals surface area contributed by atoms with E-state index in [1.807, 2.05) is 0 Å². The fraction of sp³-hybridized carbons (Fsp3) is 0.500. The van der Waals surface area contributed by atoms with Crippen molar-refractivity contribution < 1.29 is 0 Å². The molecular formula is C8H11Cl2N3. The molecule has 0 unspecified atom stereocenters. The first-order valence-corrected chi connectivity index (χ1v) is 4.84. The lowest BCUT2D eigenvalue weighted by molar-refractivity contribution is 0.966. The minimum atomic E-state index is 0.381. The highest BCUT2D eigenvalue weighted by Gasteiger charge is 2.08. The highest BCUT2D eigenvalue weighted by Crippen LogP contribution is 2.26. The van der Waals surface area contributed by atoms with Crippen molar-refractivity contribution in [2.45, 2.75) is 20.3 Å². The first-order valence-electron chi connectivity index (χ1n) is 4.08. The maximum atomic E-state index is 5.87. The quantitative estimate of drug-likeness (QED) is 0.795. The molecule has 0 aliphatic rings. The van der Waals surface area contributed by atoms with Gasteiger partial charge in [-0.1, -0.05) is 30.1 Å². The Hall–Kier alpha value is -0.540. The molecule has 1 heterocycles. The maximum absolute atomic E-state index is 5.87. The summed E-state index contributed by atoms with van der Waals surface area (Å²) in [7, 11) is 0. The second-order valence-electron chi connectivity index (χ2n) is 2.65. The van der Waals surface area contributed by atoms with Crippen LogP contribution in [0.3, 0.4) is 0 Å². The fourth-order valence-corrected chi connectivity index (χ4v) is 1.51. The van der Waals surface area contributed by atoms with Crippen LogP contribution in [0.15, 0.2) is 0 Å². The zero-order valence-electron chi connectivity index (χ0n) is 7.56. The topological polar surface area (TPSA) is 37.8 Å². The number of rotatable bonds is 3. The molecule has 0 amide bonds. The predicted molar refractivity (Wildman–Crippen MR) is 55.6 cm³/mol. The molecule has 0 spiro atoms. The third-order valence-corrected chi connectivity index (χ3v) is 2.03. The van der Waals surface area contributed by atoms with E-state index in [4.69, 9.17) is 23.2 Å². The van der Waals surface area contributed by atoms with Crippen molar-refractivity contribution in [3.05, 3.63) is 16.1 Å². The molecule has 0 saturated heterocycles. The summed E-state index contributed by atoms with van der Waals surface area (Å²) in [5, 5.41) is 3.83. The largest absolute Gasteiger partial charge is 0.380 e. The van der Waals surface area contributed by atoms with Gasteiger partial charge in [0.1, 0.15) is 11.5 Å². The van der Waals surface area contributed by atoms with Crippen LogP contribution >= 0.6 is 23.2 Å². The normalized spacial score (nSPS) is 10.2. The molecule has 1 aromatic rings. The number of aryl methyl sites for hydroxylation is 1. The van der Waals surface area contributed by atoms with Crippen LogP contribution in [0.2, 0.25) is 10.3 Å². The zero-order valence-corrected chi connectivity index (χ0v) is 9.08. The fourth-order valence-electron chi connectivity index (χ4n) is 0.902. The Kier molecular flexibility index (Phi) is 3.75. The van der Waals surface area contributed by atoms with Crippen LogP contribution in [0.25, 0.3) is 0 Å². The van der Waals surface area contributed by atoms with Crippen molar-refractivity contribution in [3.63, 3.8) is 0 Å². The molecule has 0 aliphatic carbocycles. The molecule has 1 N–H and O–H groups in total. The van der Waals surface area contributed by atoms with Gasteiger partial charge in [0.05, 0.1) is 0 Å². The van der Waals surface area contributed by atoms with Gasteiger partial charge in [-0.05, 0) is 13.3 Å². The van der Waals surface area contributed by atoms with Gasteiger partial charge in [-0.15, -0.1) is 0 Å². The molecule has 3 nitrogen and oxygen atoms in total. The van der Waals surface area contributed by atoms with Crippen LogP contribution < -0.4 is 5.32 Å². The van der Waals surface area contributed by atoms with Gasteiger partial charge in [-0.3, -0.25) is 0 Å². The highest BCUT2D eigenvalue weighted by molar-refractivity contribution is 6.37. The van der Waals surface area contributed by atoms with Crippen LogP contribution in [0, 0.1) is 6.92 Å². The van der Waals surface area contributed by atoms with Gasteiger partial charge < -0.3 is 5.32 Å². The van der Waals surface area contributed by atoms with Crippen molar-refractivity contribution in [3.8, 4) is 0 Å². The molecule has 0 aromatic carbocycles. The predicted octanol–water partition coefficient (Wildman–Crippen LogP) is 2.91. The lowest BCUT2D eigenvalue weighted by atomic mass is 10.4. The molecule has 5 heteroatoms. The van der Waals surface area contributed by atoms with Gasteiger partial charge in [-0.2, -0.15) is 0 Å². The third kappa shape index (κ3) is 2.71. The van der Waals surface area contributed by atoms with Crippen LogP contribution in [0.4, 0.5) is 5.69 Å². The van der Waals surface area contributed by atoms with Crippen LogP contribution in [0.1, 0.15) is 19.2 Å². The number of nitrogens with one attached hydrogen (secondary N) is 1. The number of hydrogen-bond acceptors (Lipinski definition) is 3. The standard InChI is InChI=1S/C8H11Cl2N3/c1-3-4-11-6-7(9)12-5(2)13-8(6)10/h11H,3-4H2,1-2H3. The van der Waals surface area contributed by atoms with E-state index < -0.39 is 0 Å². The third-order valence-electron chi connectivity index (χ3n) is 1.48. The van der Waals surface area contributed by atoms with E-state index in [2.05, 4.69) is 22.2 Å². The molecule has 1 aromatic heterocycles. The number of hydrogen-bond donors (Lipinski definition) is 1. The average Bonchev–Trinajstić information content (AvgIpc) is 2.02. The summed E-state index contributed by atoms with van der Waals surface area (Å²) in [5.41, 5.74) is 0.621. The Morgan fingerprint density at radius 2 is 1.77 bits per heavy atom. The van der Waals surface area contributed by atoms with E-state index in [1.165, 1.54) is 0 Å². The van der Waals surface area contributed by atoms with Gasteiger partial charge in [-0.25, -0.2) is 9.97 Å². The lowest BCUT2D eigenvalue weighted by Crippen LogP contribution is -2.04. The molecule has 0 fully saturated rings. The first kappa shape index (κ1) is 10.5. The summed E-state index contributed by atoms with van der Waals surface area (Å²) in [6, 6.07) is 0. The highest BCUT2D eigenvalue weighted by atomic mass is 35.5. The van der Waals surface area contributed by atoms with Crippen LogP contribution in [-0.4, -0.2) is 16.5 Å². The molecule has 0 bridgehead atoms. The summed E-state index contributed by atoms with van der Waals surface area (Å²) in [4.78, 5) is 7.99. The minimum absolute atomic E-state index is 0.381. The Morgan fingerprint density at radius 3 is 2.23 bits per heavy atom.